The summed E-state index contributed by atoms with van der Waals surface area (Å²) in [6.07, 6.45) is 6.82. The van der Waals surface area contributed by atoms with E-state index < -0.39 is 0 Å². The van der Waals surface area contributed by atoms with Crippen LogP contribution in [0.15, 0.2) is 188 Å². The normalized spacial score (nSPS) is 15.2. The van der Waals surface area contributed by atoms with Gasteiger partial charge in [0.05, 0.1) is 11.4 Å². The van der Waals surface area contributed by atoms with Crippen molar-refractivity contribution in [3.63, 3.8) is 0 Å². The first-order valence-electron chi connectivity index (χ1n) is 21.3. The van der Waals surface area contributed by atoms with Gasteiger partial charge in [0.1, 0.15) is 0 Å². The van der Waals surface area contributed by atoms with Crippen LogP contribution in [0.3, 0.4) is 0 Å². The van der Waals surface area contributed by atoms with Gasteiger partial charge in [-0.15, -0.1) is 0 Å². The maximum absolute atomic E-state index is 2.49. The average molecular weight is 775 g/mol. The molecule has 10 rings (SSSR count). The highest BCUT2D eigenvalue weighted by molar-refractivity contribution is 6.28. The zero-order valence-corrected chi connectivity index (χ0v) is 35.4. The average Bonchev–Trinajstić information content (AvgIpc) is 3.26. The molecule has 0 fully saturated rings. The lowest BCUT2D eigenvalue weighted by molar-refractivity contribution is 0.606. The van der Waals surface area contributed by atoms with E-state index in [-0.39, 0.29) is 0 Å². The van der Waals surface area contributed by atoms with E-state index in [0.29, 0.717) is 11.8 Å². The van der Waals surface area contributed by atoms with Crippen molar-refractivity contribution in [1.29, 1.82) is 0 Å². The van der Waals surface area contributed by atoms with E-state index in [4.69, 9.17) is 0 Å². The Morgan fingerprint density at radius 1 is 0.433 bits per heavy atom. The summed E-state index contributed by atoms with van der Waals surface area (Å²) in [7, 11) is 0. The second-order valence-corrected chi connectivity index (χ2v) is 16.9. The molecule has 0 bridgehead atoms. The van der Waals surface area contributed by atoms with Gasteiger partial charge in [0.15, 0.2) is 0 Å². The molecule has 0 N–H and O–H groups in total. The van der Waals surface area contributed by atoms with E-state index in [9.17, 15) is 0 Å². The third-order valence-electron chi connectivity index (χ3n) is 13.0. The fourth-order valence-corrected chi connectivity index (χ4v) is 10.0. The molecule has 292 valence electrons. The van der Waals surface area contributed by atoms with Gasteiger partial charge in [-0.2, -0.15) is 0 Å². The minimum Gasteiger partial charge on any atom is -0.310 e. The van der Waals surface area contributed by atoms with Crippen molar-refractivity contribution in [3.8, 4) is 11.1 Å². The van der Waals surface area contributed by atoms with Crippen LogP contribution in [0.25, 0.3) is 43.4 Å². The molecule has 2 heteroatoms. The Balaban J connectivity index is 1.20. The third kappa shape index (κ3) is 6.26. The summed E-state index contributed by atoms with van der Waals surface area (Å²) in [4.78, 5) is 4.97. The Bertz CT molecular complexity index is 3100. The first-order chi connectivity index (χ1) is 29.3. The van der Waals surface area contributed by atoms with E-state index in [1.807, 2.05) is 0 Å². The Morgan fingerprint density at radius 2 is 0.950 bits per heavy atom. The minimum atomic E-state index is 0.337. The van der Waals surface area contributed by atoms with Crippen LogP contribution < -0.4 is 9.80 Å². The van der Waals surface area contributed by atoms with Crippen LogP contribution in [0.2, 0.25) is 0 Å². The van der Waals surface area contributed by atoms with Gasteiger partial charge in [-0.1, -0.05) is 146 Å². The largest absolute Gasteiger partial charge is 0.310 e. The van der Waals surface area contributed by atoms with Gasteiger partial charge >= 0.3 is 0 Å². The van der Waals surface area contributed by atoms with Crippen LogP contribution in [0.5, 0.6) is 0 Å². The molecule has 60 heavy (non-hydrogen) atoms. The van der Waals surface area contributed by atoms with Crippen molar-refractivity contribution in [2.45, 2.75) is 47.5 Å². The Hall–Kier alpha value is -6.90. The van der Waals surface area contributed by atoms with E-state index in [2.05, 4.69) is 233 Å². The molecule has 0 aliphatic heterocycles. The van der Waals surface area contributed by atoms with E-state index >= 15 is 0 Å². The van der Waals surface area contributed by atoms with Crippen molar-refractivity contribution in [2.75, 3.05) is 9.80 Å². The molecule has 2 nitrogen and oxygen atoms in total. The van der Waals surface area contributed by atoms with Gasteiger partial charge < -0.3 is 9.80 Å². The van der Waals surface area contributed by atoms with Gasteiger partial charge in [-0.3, -0.25) is 0 Å². The summed E-state index contributed by atoms with van der Waals surface area (Å²) in [5, 5.41) is 7.53. The lowest BCUT2D eigenvalue weighted by Crippen LogP contribution is -2.15. The third-order valence-corrected chi connectivity index (χ3v) is 13.0. The maximum Gasteiger partial charge on any atom is 0.0540 e. The second kappa shape index (κ2) is 15.0. The van der Waals surface area contributed by atoms with Crippen LogP contribution in [-0.2, 0) is 0 Å². The predicted octanol–water partition coefficient (Wildman–Crippen LogP) is 16.7. The number of allylic oxidation sites excluding steroid dienone is 4. The van der Waals surface area contributed by atoms with Crippen molar-refractivity contribution < 1.29 is 0 Å². The molecule has 0 radical (unpaired) electrons. The molecule has 2 atom stereocenters. The number of hydrogen-bond acceptors (Lipinski definition) is 2. The topological polar surface area (TPSA) is 6.48 Å². The predicted molar refractivity (Wildman–Crippen MR) is 259 cm³/mol. The van der Waals surface area contributed by atoms with Crippen molar-refractivity contribution in [3.05, 3.63) is 215 Å². The molecule has 0 heterocycles. The molecule has 0 saturated heterocycles. The van der Waals surface area contributed by atoms with Crippen molar-refractivity contribution in [1.82, 2.24) is 0 Å². The summed E-state index contributed by atoms with van der Waals surface area (Å²) in [5.74, 6) is 0.761. The number of hydrogen-bond donors (Lipinski definition) is 0. The lowest BCUT2D eigenvalue weighted by Gasteiger charge is -2.32. The maximum atomic E-state index is 2.49. The van der Waals surface area contributed by atoms with Crippen LogP contribution in [0.1, 0.15) is 47.6 Å². The first-order valence-corrected chi connectivity index (χ1v) is 21.3. The highest BCUT2D eigenvalue weighted by Gasteiger charge is 2.26. The molecule has 0 saturated carbocycles. The smallest absolute Gasteiger partial charge is 0.0540 e. The molecule has 1 aliphatic carbocycles. The number of rotatable bonds is 8. The van der Waals surface area contributed by atoms with Crippen molar-refractivity contribution in [2.24, 2.45) is 5.92 Å². The standard InChI is InChI=1S/C58H50N2/c1-37-23-25-45(55-39(3)15-13-16-40(55)4)35-53(37)59(47-19-9-7-10-20-47)51-33-29-43-28-32-50-52(34-30-44-27-31-49(51)57(43)58(44)50)60(48-21-11-8-12-22-48)54-36-46(26-24-38(54)2)56-41(5)17-14-18-42(56)6/h7-36,39,55H,1-6H3. The summed E-state index contributed by atoms with van der Waals surface area (Å²) >= 11 is 0. The Morgan fingerprint density at radius 3 is 1.50 bits per heavy atom. The number of aryl methyl sites for hydroxylation is 4. The molecular weight excluding hydrogens is 725 g/mol. The number of anilines is 6. The Labute approximate surface area is 354 Å². The van der Waals surface area contributed by atoms with Gasteiger partial charge in [0.25, 0.3) is 0 Å². The second-order valence-electron chi connectivity index (χ2n) is 16.9. The van der Waals surface area contributed by atoms with Crippen LogP contribution in [0.4, 0.5) is 34.1 Å². The Kier molecular flexibility index (Phi) is 9.37. The van der Waals surface area contributed by atoms with Crippen LogP contribution in [-0.4, -0.2) is 0 Å². The van der Waals surface area contributed by atoms with E-state index in [1.165, 1.54) is 93.9 Å². The van der Waals surface area contributed by atoms with Gasteiger partial charge in [-0.05, 0) is 150 Å². The van der Waals surface area contributed by atoms with E-state index in [1.54, 1.807) is 0 Å². The molecule has 1 aliphatic rings. The fraction of sp³-hybridized carbons (Fsp3) is 0.138. The van der Waals surface area contributed by atoms with Gasteiger partial charge in [-0.25, -0.2) is 0 Å². The quantitative estimate of drug-likeness (QED) is 0.142. The molecule has 9 aromatic rings. The van der Waals surface area contributed by atoms with Gasteiger partial charge in [0.2, 0.25) is 0 Å². The number of nitrogens with zero attached hydrogens (tertiary/aromatic N) is 2. The molecule has 9 aromatic carbocycles. The zero-order chi connectivity index (χ0) is 41.1. The summed E-state index contributed by atoms with van der Waals surface area (Å²) < 4.78 is 0. The molecule has 0 amide bonds. The monoisotopic (exact) mass is 774 g/mol. The van der Waals surface area contributed by atoms with Crippen LogP contribution >= 0.6 is 0 Å². The highest BCUT2D eigenvalue weighted by Crippen LogP contribution is 2.49. The van der Waals surface area contributed by atoms with Crippen LogP contribution in [0, 0.1) is 33.6 Å². The molecule has 0 spiro atoms. The zero-order valence-electron chi connectivity index (χ0n) is 35.4. The minimum absolute atomic E-state index is 0.337. The summed E-state index contributed by atoms with van der Waals surface area (Å²) in [6.45, 7) is 13.5. The SMILES string of the molecule is CC1=CC=CC(C)C1c1ccc(C)c(N(c2ccccc2)c2ccc3ccc4c(N(c5ccccc5)c5cc(-c6c(C)cccc6C)ccc5C)ccc5ccc2c3c54)c1. The number of benzene rings is 9. The highest BCUT2D eigenvalue weighted by atomic mass is 15.2. The number of para-hydroxylation sites is 2. The first kappa shape index (κ1) is 37.4. The molecular formula is C58H50N2. The summed E-state index contributed by atoms with van der Waals surface area (Å²) in [6, 6.07) is 61.1. The molecule has 0 aromatic heterocycles. The van der Waals surface area contributed by atoms with Crippen molar-refractivity contribution >= 4 is 66.4 Å². The van der Waals surface area contributed by atoms with Gasteiger partial charge in [0, 0.05) is 39.4 Å². The lowest BCUT2D eigenvalue weighted by atomic mass is 9.79. The fourth-order valence-electron chi connectivity index (χ4n) is 10.0. The summed E-state index contributed by atoms with van der Waals surface area (Å²) in [5.41, 5.74) is 17.3. The molecule has 2 unspecified atom stereocenters. The van der Waals surface area contributed by atoms with E-state index in [0.717, 1.165) is 17.1 Å².